The summed E-state index contributed by atoms with van der Waals surface area (Å²) < 4.78 is 0. The number of nitrogens with one attached hydrogen (secondary N) is 1. The van der Waals surface area contributed by atoms with Crippen molar-refractivity contribution in [3.05, 3.63) is 36.5 Å². The fourth-order valence-corrected chi connectivity index (χ4v) is 3.40. The van der Waals surface area contributed by atoms with Gasteiger partial charge in [-0.05, 0) is 71.6 Å². The molecule has 0 aliphatic heterocycles. The number of hydrogen-bond acceptors (Lipinski definition) is 2. The summed E-state index contributed by atoms with van der Waals surface area (Å²) in [5.74, 6) is 0.508. The lowest BCUT2D eigenvalue weighted by atomic mass is 10.1. The molecule has 0 radical (unpaired) electrons. The molecule has 1 aliphatic rings. The molecule has 4 heteroatoms. The Morgan fingerprint density at radius 2 is 1.52 bits per heavy atom. The normalized spacial score (nSPS) is 14.3. The zero-order valence-electron chi connectivity index (χ0n) is 20.3. The van der Waals surface area contributed by atoms with E-state index in [9.17, 15) is 9.59 Å². The molecule has 0 saturated heterocycles. The summed E-state index contributed by atoms with van der Waals surface area (Å²) in [6.07, 6.45) is 26.1. The van der Waals surface area contributed by atoms with E-state index in [1.165, 1.54) is 0 Å². The van der Waals surface area contributed by atoms with Gasteiger partial charge >= 0.3 is 0 Å². The minimum atomic E-state index is 0.208. The summed E-state index contributed by atoms with van der Waals surface area (Å²) in [6.45, 7) is 7.20. The predicted molar refractivity (Wildman–Crippen MR) is 132 cm³/mol. The third kappa shape index (κ3) is 15.6. The van der Waals surface area contributed by atoms with Crippen LogP contribution in [0.1, 0.15) is 104 Å². The highest BCUT2D eigenvalue weighted by molar-refractivity contribution is 5.76. The third-order valence-electron chi connectivity index (χ3n) is 5.46. The third-order valence-corrected chi connectivity index (χ3v) is 5.46. The van der Waals surface area contributed by atoms with E-state index in [0.29, 0.717) is 24.8 Å². The van der Waals surface area contributed by atoms with Gasteiger partial charge in [-0.2, -0.15) is 0 Å². The van der Waals surface area contributed by atoms with Crippen LogP contribution >= 0.6 is 0 Å². The molecule has 4 nitrogen and oxygen atoms in total. The highest BCUT2D eigenvalue weighted by Crippen LogP contribution is 2.18. The van der Waals surface area contributed by atoms with E-state index >= 15 is 0 Å². The lowest BCUT2D eigenvalue weighted by Gasteiger charge is -2.26. The second-order valence-corrected chi connectivity index (χ2v) is 8.89. The van der Waals surface area contributed by atoms with Gasteiger partial charge in [-0.15, -0.1) is 0 Å². The van der Waals surface area contributed by atoms with Gasteiger partial charge in [-0.1, -0.05) is 56.2 Å². The second-order valence-electron chi connectivity index (χ2n) is 8.89. The van der Waals surface area contributed by atoms with Crippen molar-refractivity contribution in [2.24, 2.45) is 0 Å². The Morgan fingerprint density at radius 1 is 0.871 bits per heavy atom. The van der Waals surface area contributed by atoms with Crippen LogP contribution in [0.15, 0.2) is 36.5 Å². The first-order chi connectivity index (χ1) is 15.0. The first-order valence-corrected chi connectivity index (χ1v) is 12.6. The van der Waals surface area contributed by atoms with Gasteiger partial charge in [0.15, 0.2) is 0 Å². The number of rotatable bonds is 18. The van der Waals surface area contributed by atoms with Crippen molar-refractivity contribution in [1.82, 2.24) is 10.2 Å². The number of amides is 2. The standard InChI is InChI=1S/C27H46N2O2/c1-4-5-16-20-27(31)29(24(2)3)23-18-15-13-11-9-7-6-8-10-12-14-17-19-26(30)28-25-21-22-25/h6-7,10,12-13,15,24-25H,4-5,8-9,11,14,16-23H2,1-3H3,(H,28,30). The van der Waals surface area contributed by atoms with Crippen LogP contribution in [0.2, 0.25) is 0 Å². The van der Waals surface area contributed by atoms with Crippen LogP contribution in [0.4, 0.5) is 0 Å². The molecule has 0 atom stereocenters. The minimum absolute atomic E-state index is 0.208. The van der Waals surface area contributed by atoms with E-state index in [0.717, 1.165) is 77.2 Å². The van der Waals surface area contributed by atoms with Gasteiger partial charge in [0, 0.05) is 31.5 Å². The molecule has 1 rings (SSSR count). The molecule has 2 amide bonds. The smallest absolute Gasteiger partial charge is 0.222 e. The van der Waals surface area contributed by atoms with Crippen LogP contribution in [0.3, 0.4) is 0 Å². The van der Waals surface area contributed by atoms with Crippen LogP contribution in [-0.4, -0.2) is 35.3 Å². The van der Waals surface area contributed by atoms with Crippen molar-refractivity contribution >= 4 is 11.8 Å². The van der Waals surface area contributed by atoms with Crippen LogP contribution in [0.5, 0.6) is 0 Å². The Bertz CT molecular complexity index is 574. The fourth-order valence-electron chi connectivity index (χ4n) is 3.40. The lowest BCUT2D eigenvalue weighted by Crippen LogP contribution is -2.37. The lowest BCUT2D eigenvalue weighted by molar-refractivity contribution is -0.133. The molecule has 0 aromatic rings. The van der Waals surface area contributed by atoms with E-state index in [2.05, 4.69) is 62.5 Å². The SMILES string of the molecule is CCCCCC(=O)N(CCC=CCCC=CCC=CCCCC(=O)NC1CC1)C(C)C. The zero-order chi connectivity index (χ0) is 22.7. The highest BCUT2D eigenvalue weighted by atomic mass is 16.2. The van der Waals surface area contributed by atoms with E-state index < -0.39 is 0 Å². The summed E-state index contributed by atoms with van der Waals surface area (Å²) in [5.41, 5.74) is 0. The fraction of sp³-hybridized carbons (Fsp3) is 0.704. The molecular formula is C27H46N2O2. The summed E-state index contributed by atoms with van der Waals surface area (Å²) >= 11 is 0. The summed E-state index contributed by atoms with van der Waals surface area (Å²) in [7, 11) is 0. The summed E-state index contributed by atoms with van der Waals surface area (Å²) in [6, 6.07) is 0.751. The van der Waals surface area contributed by atoms with Gasteiger partial charge < -0.3 is 10.2 Å². The van der Waals surface area contributed by atoms with Crippen molar-refractivity contribution in [2.75, 3.05) is 6.54 Å². The highest BCUT2D eigenvalue weighted by Gasteiger charge is 2.22. The molecule has 0 aromatic carbocycles. The Balaban J connectivity index is 2.01. The maximum absolute atomic E-state index is 12.3. The molecule has 1 N–H and O–H groups in total. The van der Waals surface area contributed by atoms with Gasteiger partial charge in [0.05, 0.1) is 0 Å². The van der Waals surface area contributed by atoms with Crippen LogP contribution < -0.4 is 5.32 Å². The number of unbranched alkanes of at least 4 members (excludes halogenated alkanes) is 4. The maximum atomic E-state index is 12.3. The minimum Gasteiger partial charge on any atom is -0.353 e. The molecule has 0 bridgehead atoms. The van der Waals surface area contributed by atoms with Crippen molar-refractivity contribution in [3.8, 4) is 0 Å². The largest absolute Gasteiger partial charge is 0.353 e. The molecule has 1 fully saturated rings. The number of carbonyl (C=O) groups excluding carboxylic acids is 2. The Morgan fingerprint density at radius 3 is 2.16 bits per heavy atom. The van der Waals surface area contributed by atoms with Crippen molar-refractivity contribution in [2.45, 2.75) is 116 Å². The van der Waals surface area contributed by atoms with Crippen molar-refractivity contribution in [1.29, 1.82) is 0 Å². The molecule has 0 heterocycles. The van der Waals surface area contributed by atoms with Crippen LogP contribution in [0, 0.1) is 0 Å². The predicted octanol–water partition coefficient (Wildman–Crippen LogP) is 6.48. The Hall–Kier alpha value is -1.84. The van der Waals surface area contributed by atoms with Gasteiger partial charge in [0.1, 0.15) is 0 Å². The second kappa shape index (κ2) is 17.8. The first kappa shape index (κ1) is 27.2. The molecule has 1 saturated carbocycles. The number of carbonyl (C=O) groups is 2. The molecule has 176 valence electrons. The zero-order valence-corrected chi connectivity index (χ0v) is 20.3. The monoisotopic (exact) mass is 430 g/mol. The molecule has 31 heavy (non-hydrogen) atoms. The van der Waals surface area contributed by atoms with E-state index in [4.69, 9.17) is 0 Å². The van der Waals surface area contributed by atoms with E-state index in [1.54, 1.807) is 0 Å². The molecule has 0 unspecified atom stereocenters. The quantitative estimate of drug-likeness (QED) is 0.200. The van der Waals surface area contributed by atoms with Gasteiger partial charge in [0.25, 0.3) is 0 Å². The average Bonchev–Trinajstić information content (AvgIpc) is 3.54. The van der Waals surface area contributed by atoms with E-state index in [1.807, 2.05) is 4.90 Å². The van der Waals surface area contributed by atoms with Crippen molar-refractivity contribution < 1.29 is 9.59 Å². The van der Waals surface area contributed by atoms with Crippen molar-refractivity contribution in [3.63, 3.8) is 0 Å². The Labute approximate surface area is 191 Å². The van der Waals surface area contributed by atoms with Crippen LogP contribution in [-0.2, 0) is 9.59 Å². The summed E-state index contributed by atoms with van der Waals surface area (Å²) in [4.78, 5) is 25.9. The molecule has 0 spiro atoms. The number of hydrogen-bond donors (Lipinski definition) is 1. The Kier molecular flexibility index (Phi) is 15.6. The average molecular weight is 431 g/mol. The molecular weight excluding hydrogens is 384 g/mol. The van der Waals surface area contributed by atoms with Crippen LogP contribution in [0.25, 0.3) is 0 Å². The topological polar surface area (TPSA) is 49.4 Å². The maximum Gasteiger partial charge on any atom is 0.222 e. The van der Waals surface area contributed by atoms with Gasteiger partial charge in [0.2, 0.25) is 11.8 Å². The molecule has 1 aliphatic carbocycles. The van der Waals surface area contributed by atoms with Gasteiger partial charge in [-0.25, -0.2) is 0 Å². The summed E-state index contributed by atoms with van der Waals surface area (Å²) in [5, 5.41) is 3.02. The number of allylic oxidation sites excluding steroid dienone is 5. The number of nitrogens with zero attached hydrogens (tertiary/aromatic N) is 1. The van der Waals surface area contributed by atoms with E-state index in [-0.39, 0.29) is 11.9 Å². The first-order valence-electron chi connectivity index (χ1n) is 12.6. The van der Waals surface area contributed by atoms with Gasteiger partial charge in [-0.3, -0.25) is 9.59 Å². The molecule has 0 aromatic heterocycles.